The maximum absolute atomic E-state index is 14.0. The van der Waals surface area contributed by atoms with Crippen LogP contribution in [-0.2, 0) is 4.79 Å². The maximum Gasteiger partial charge on any atom is 0.300 e. The molecule has 1 aromatic carbocycles. The molecule has 8 atom stereocenters. The van der Waals surface area contributed by atoms with E-state index in [9.17, 15) is 14.9 Å². The molecule has 1 heterocycles. The van der Waals surface area contributed by atoms with E-state index in [-0.39, 0.29) is 17.2 Å². The van der Waals surface area contributed by atoms with Gasteiger partial charge in [0.05, 0.1) is 10.6 Å². The van der Waals surface area contributed by atoms with Gasteiger partial charge in [0, 0.05) is 23.9 Å². The number of carbonyl (C=O) groups is 1. The lowest BCUT2D eigenvalue weighted by atomic mass is 9.47. The zero-order valence-electron chi connectivity index (χ0n) is 25.9. The van der Waals surface area contributed by atoms with Crippen molar-refractivity contribution in [2.24, 2.45) is 46.3 Å². The highest BCUT2D eigenvalue weighted by atomic mass is 16.6. The Balaban J connectivity index is 1.41. The minimum atomic E-state index is -0.507. The summed E-state index contributed by atoms with van der Waals surface area (Å²) in [5, 5.41) is 23.0. The number of nitro benzene ring substituents is 1. The smallest absolute Gasteiger partial charge is 0.300 e. The molecular formula is C33H50N4O4. The summed E-state index contributed by atoms with van der Waals surface area (Å²) in [4.78, 5) is 25.1. The molecule has 8 heteroatoms. The number of hydrogen-bond donors (Lipinski definition) is 1. The molecular weight excluding hydrogens is 516 g/mol. The first kappa shape index (κ1) is 30.0. The number of non-ortho nitro benzene ring substituents is 1. The van der Waals surface area contributed by atoms with Gasteiger partial charge in [0.15, 0.2) is 5.52 Å². The lowest BCUT2D eigenvalue weighted by Crippen LogP contribution is -2.58. The first-order valence-corrected chi connectivity index (χ1v) is 16.2. The summed E-state index contributed by atoms with van der Waals surface area (Å²) < 4.78 is 4.93. The third kappa shape index (κ3) is 5.18. The molecule has 226 valence electrons. The van der Waals surface area contributed by atoms with Gasteiger partial charge in [-0.25, -0.2) is 4.63 Å². The highest BCUT2D eigenvalue weighted by molar-refractivity contribution is 5.94. The van der Waals surface area contributed by atoms with Gasteiger partial charge in [-0.15, -0.1) is 0 Å². The zero-order valence-corrected chi connectivity index (χ0v) is 25.9. The van der Waals surface area contributed by atoms with Gasteiger partial charge in [-0.05, 0) is 95.8 Å². The monoisotopic (exact) mass is 566 g/mol. The van der Waals surface area contributed by atoms with Crippen LogP contribution in [0, 0.1) is 56.5 Å². The second-order valence-electron chi connectivity index (χ2n) is 14.5. The number of nitro groups is 1. The van der Waals surface area contributed by atoms with E-state index in [1.54, 1.807) is 6.07 Å². The van der Waals surface area contributed by atoms with Crippen molar-refractivity contribution < 1.29 is 14.3 Å². The van der Waals surface area contributed by atoms with Gasteiger partial charge >= 0.3 is 5.69 Å². The number of hydrogen-bond acceptors (Lipinski definition) is 7. The lowest BCUT2D eigenvalue weighted by molar-refractivity contribution is -0.383. The Morgan fingerprint density at radius 2 is 1.80 bits per heavy atom. The summed E-state index contributed by atoms with van der Waals surface area (Å²) in [5.74, 6) is 4.25. The van der Waals surface area contributed by atoms with Crippen LogP contribution in [0.3, 0.4) is 0 Å². The summed E-state index contributed by atoms with van der Waals surface area (Å²) in [6, 6.07) is 3.06. The van der Waals surface area contributed by atoms with Gasteiger partial charge in [0.1, 0.15) is 5.78 Å². The largest absolute Gasteiger partial charge is 0.379 e. The quantitative estimate of drug-likeness (QED) is 0.214. The molecule has 1 aromatic heterocycles. The van der Waals surface area contributed by atoms with Crippen molar-refractivity contribution in [1.29, 1.82) is 0 Å². The number of anilines is 1. The number of benzene rings is 1. The van der Waals surface area contributed by atoms with Crippen LogP contribution in [0.4, 0.5) is 11.4 Å². The number of rotatable bonds is 11. The Bertz CT molecular complexity index is 1260. The molecule has 8 nitrogen and oxygen atoms in total. The molecule has 3 aliphatic carbocycles. The molecule has 3 aliphatic rings. The standard InChI is InChI=1S/C33H50N4O4/c1-7-9-28(34-26-15-16-27(37(39)40)31-30(26)35-41-36-31)33(6)25-18-19-32(5)23(21(4)11-8-10-20(2)3)13-14-24(32)22(25)12-17-29(33)38/h15-16,20-25,28,34H,7-14,17-19H2,1-6H3/t21-,22+,23-,24+,25+,28?,32-,33+/m1/s1. The van der Waals surface area contributed by atoms with Crippen LogP contribution >= 0.6 is 0 Å². The summed E-state index contributed by atoms with van der Waals surface area (Å²) >= 11 is 0. The minimum Gasteiger partial charge on any atom is -0.379 e. The number of nitrogens with one attached hydrogen (secondary N) is 1. The van der Waals surface area contributed by atoms with Gasteiger partial charge in [0.2, 0.25) is 5.52 Å². The minimum absolute atomic E-state index is 0.0920. The predicted octanol–water partition coefficient (Wildman–Crippen LogP) is 8.60. The maximum atomic E-state index is 14.0. The van der Waals surface area contributed by atoms with E-state index >= 15 is 0 Å². The molecule has 1 N–H and O–H groups in total. The highest BCUT2D eigenvalue weighted by Gasteiger charge is 2.61. The molecule has 3 saturated carbocycles. The second-order valence-corrected chi connectivity index (χ2v) is 14.5. The van der Waals surface area contributed by atoms with Crippen molar-refractivity contribution in [1.82, 2.24) is 10.3 Å². The lowest BCUT2D eigenvalue weighted by Gasteiger charge is -2.58. The van der Waals surface area contributed by atoms with Crippen molar-refractivity contribution in [3.63, 3.8) is 0 Å². The first-order valence-electron chi connectivity index (χ1n) is 16.2. The number of fused-ring (bicyclic) bond motifs is 4. The Morgan fingerprint density at radius 1 is 1.05 bits per heavy atom. The van der Waals surface area contributed by atoms with E-state index in [2.05, 4.69) is 57.2 Å². The second kappa shape index (κ2) is 11.6. The fraction of sp³-hybridized carbons (Fsp3) is 0.788. The van der Waals surface area contributed by atoms with Gasteiger partial charge in [-0.3, -0.25) is 14.9 Å². The fourth-order valence-electron chi connectivity index (χ4n) is 9.80. The molecule has 0 amide bonds. The van der Waals surface area contributed by atoms with Crippen molar-refractivity contribution in [2.75, 3.05) is 5.32 Å². The summed E-state index contributed by atoms with van der Waals surface area (Å²) in [6.07, 6.45) is 12.3. The molecule has 5 rings (SSSR count). The van der Waals surface area contributed by atoms with Crippen molar-refractivity contribution in [2.45, 2.75) is 118 Å². The van der Waals surface area contributed by atoms with Crippen LogP contribution in [-0.4, -0.2) is 27.1 Å². The SMILES string of the molecule is CCCC(Nc1ccc([N+](=O)[O-])c2nonc12)[C@@]1(C)C(=O)CC[C@H]2[C@@H]3CC[C@H]([C@H](C)CCCC(C)C)[C@@]3(C)CC[C@@H]21. The van der Waals surface area contributed by atoms with Crippen LogP contribution in [0.1, 0.15) is 112 Å². The molecule has 41 heavy (non-hydrogen) atoms. The Kier molecular flexibility index (Phi) is 8.51. The number of nitrogens with zero attached hydrogens (tertiary/aromatic N) is 3. The summed E-state index contributed by atoms with van der Waals surface area (Å²) in [5.41, 5.74) is 0.876. The Morgan fingerprint density at radius 3 is 2.51 bits per heavy atom. The third-order valence-corrected chi connectivity index (χ3v) is 11.9. The fourth-order valence-corrected chi connectivity index (χ4v) is 9.80. The van der Waals surface area contributed by atoms with E-state index in [0.717, 1.165) is 43.4 Å². The van der Waals surface area contributed by atoms with Crippen molar-refractivity contribution in [3.8, 4) is 0 Å². The molecule has 0 bridgehead atoms. The zero-order chi connectivity index (χ0) is 29.5. The van der Waals surface area contributed by atoms with Crippen LogP contribution in [0.15, 0.2) is 16.8 Å². The predicted molar refractivity (Wildman–Crippen MR) is 162 cm³/mol. The van der Waals surface area contributed by atoms with E-state index in [4.69, 9.17) is 4.63 Å². The molecule has 3 fully saturated rings. The molecule has 1 unspecified atom stereocenters. The topological polar surface area (TPSA) is 111 Å². The van der Waals surface area contributed by atoms with Crippen LogP contribution in [0.2, 0.25) is 0 Å². The molecule has 0 aliphatic heterocycles. The van der Waals surface area contributed by atoms with Gasteiger partial charge < -0.3 is 5.32 Å². The van der Waals surface area contributed by atoms with Crippen molar-refractivity contribution >= 4 is 28.2 Å². The number of carbonyl (C=O) groups excluding carboxylic acids is 1. The first-order chi connectivity index (χ1) is 19.5. The van der Waals surface area contributed by atoms with Gasteiger partial charge in [-0.2, -0.15) is 0 Å². The van der Waals surface area contributed by atoms with Gasteiger partial charge in [0.25, 0.3) is 0 Å². The summed E-state index contributed by atoms with van der Waals surface area (Å²) in [7, 11) is 0. The Hall–Kier alpha value is -2.51. The van der Waals surface area contributed by atoms with E-state index in [1.165, 1.54) is 44.6 Å². The van der Waals surface area contributed by atoms with Crippen molar-refractivity contribution in [3.05, 3.63) is 22.2 Å². The highest BCUT2D eigenvalue weighted by Crippen LogP contribution is 2.66. The number of aromatic nitrogens is 2. The van der Waals surface area contributed by atoms with E-state index in [1.807, 2.05) is 0 Å². The van der Waals surface area contributed by atoms with Crippen LogP contribution < -0.4 is 5.32 Å². The van der Waals surface area contributed by atoms with Gasteiger partial charge in [-0.1, -0.05) is 67.2 Å². The average Bonchev–Trinajstić information content (AvgIpc) is 3.55. The Labute approximate surface area is 244 Å². The normalized spacial score (nSPS) is 33.0. The number of ketones is 1. The molecule has 0 saturated heterocycles. The van der Waals surface area contributed by atoms with Crippen LogP contribution in [0.25, 0.3) is 11.0 Å². The molecule has 0 radical (unpaired) electrons. The molecule has 0 spiro atoms. The third-order valence-electron chi connectivity index (χ3n) is 11.9. The van der Waals surface area contributed by atoms with E-state index < -0.39 is 10.3 Å². The summed E-state index contributed by atoms with van der Waals surface area (Å²) in [6.45, 7) is 14.1. The average molecular weight is 567 g/mol. The molecule has 2 aromatic rings. The van der Waals surface area contributed by atoms with E-state index in [0.29, 0.717) is 46.6 Å². The van der Waals surface area contributed by atoms with Crippen LogP contribution in [0.5, 0.6) is 0 Å². The number of Topliss-reactive ketones (excluding diaryl/α,β-unsaturated/α-hetero) is 1.